The zero-order chi connectivity index (χ0) is 17.3. The number of nitrogens with one attached hydrogen (secondary N) is 1. The van der Waals surface area contributed by atoms with Crippen LogP contribution >= 0.6 is 0 Å². The van der Waals surface area contributed by atoms with Gasteiger partial charge < -0.3 is 25.4 Å². The quantitative estimate of drug-likeness (QED) is 0.575. The van der Waals surface area contributed by atoms with Crippen molar-refractivity contribution in [3.8, 4) is 0 Å². The highest BCUT2D eigenvalue weighted by molar-refractivity contribution is 5.71. The summed E-state index contributed by atoms with van der Waals surface area (Å²) in [6.45, 7) is 4.66. The molecule has 0 saturated carbocycles. The van der Waals surface area contributed by atoms with E-state index in [2.05, 4.69) is 34.1 Å². The van der Waals surface area contributed by atoms with Crippen molar-refractivity contribution in [2.45, 2.75) is 44.8 Å². The Morgan fingerprint density at radius 1 is 1.29 bits per heavy atom. The van der Waals surface area contributed by atoms with Crippen LogP contribution in [-0.4, -0.2) is 66.3 Å². The lowest BCUT2D eigenvalue weighted by Gasteiger charge is -2.16. The van der Waals surface area contributed by atoms with Crippen molar-refractivity contribution in [3.63, 3.8) is 0 Å². The lowest BCUT2D eigenvalue weighted by Crippen LogP contribution is -2.33. The molecular formula is C15H23N5O4. The van der Waals surface area contributed by atoms with Crippen LogP contribution in [-0.2, 0) is 4.74 Å². The van der Waals surface area contributed by atoms with Gasteiger partial charge in [-0.15, -0.1) is 0 Å². The molecular weight excluding hydrogens is 314 g/mol. The third-order valence-corrected chi connectivity index (χ3v) is 4.11. The molecule has 0 radical (unpaired) electrons. The average Bonchev–Trinajstić information content (AvgIpc) is 3.09. The zero-order valence-corrected chi connectivity index (χ0v) is 13.7. The summed E-state index contributed by atoms with van der Waals surface area (Å²) in [6.07, 6.45) is 0.0357. The van der Waals surface area contributed by atoms with Gasteiger partial charge in [0.05, 0.1) is 19.1 Å². The molecule has 0 amide bonds. The van der Waals surface area contributed by atoms with Crippen molar-refractivity contribution in [1.29, 1.82) is 0 Å². The molecule has 2 aromatic rings. The molecule has 132 valence electrons. The zero-order valence-electron chi connectivity index (χ0n) is 13.7. The Morgan fingerprint density at radius 3 is 2.75 bits per heavy atom. The molecule has 9 heteroatoms. The number of fused-ring (bicyclic) bond motifs is 1. The van der Waals surface area contributed by atoms with Gasteiger partial charge >= 0.3 is 0 Å². The SMILES string of the molecule is CC(C)CCNc1ncc2ncn([C@@H]3O[C@H](CO)[C@@H](O)[C@H]3O)c2n1. The van der Waals surface area contributed by atoms with Crippen LogP contribution in [0, 0.1) is 5.92 Å². The van der Waals surface area contributed by atoms with Crippen LogP contribution in [0.3, 0.4) is 0 Å². The van der Waals surface area contributed by atoms with E-state index in [-0.39, 0.29) is 6.61 Å². The summed E-state index contributed by atoms with van der Waals surface area (Å²) < 4.78 is 7.08. The first-order chi connectivity index (χ1) is 11.5. The maximum Gasteiger partial charge on any atom is 0.224 e. The van der Waals surface area contributed by atoms with E-state index >= 15 is 0 Å². The fourth-order valence-electron chi connectivity index (χ4n) is 2.68. The first-order valence-electron chi connectivity index (χ1n) is 8.07. The van der Waals surface area contributed by atoms with Crippen molar-refractivity contribution >= 4 is 17.1 Å². The van der Waals surface area contributed by atoms with Crippen LogP contribution in [0.4, 0.5) is 5.95 Å². The van der Waals surface area contributed by atoms with Gasteiger partial charge in [0.25, 0.3) is 0 Å². The van der Waals surface area contributed by atoms with Crippen molar-refractivity contribution in [1.82, 2.24) is 19.5 Å². The highest BCUT2D eigenvalue weighted by Crippen LogP contribution is 2.31. The Balaban J connectivity index is 1.84. The van der Waals surface area contributed by atoms with E-state index in [1.807, 2.05) is 0 Å². The number of ether oxygens (including phenoxy) is 1. The first-order valence-corrected chi connectivity index (χ1v) is 8.07. The minimum absolute atomic E-state index is 0.377. The van der Waals surface area contributed by atoms with E-state index in [0.29, 0.717) is 23.0 Å². The Morgan fingerprint density at radius 2 is 2.08 bits per heavy atom. The number of hydrogen-bond donors (Lipinski definition) is 4. The predicted molar refractivity (Wildman–Crippen MR) is 86.3 cm³/mol. The highest BCUT2D eigenvalue weighted by Gasteiger charge is 2.43. The second-order valence-electron chi connectivity index (χ2n) is 6.39. The lowest BCUT2D eigenvalue weighted by molar-refractivity contribution is -0.0511. The molecule has 3 heterocycles. The Bertz CT molecular complexity index is 692. The molecule has 9 nitrogen and oxygen atoms in total. The number of rotatable bonds is 6. The normalized spacial score (nSPS) is 27.2. The summed E-state index contributed by atoms with van der Waals surface area (Å²) >= 11 is 0. The average molecular weight is 337 g/mol. The molecule has 24 heavy (non-hydrogen) atoms. The number of aliphatic hydroxyl groups is 3. The third kappa shape index (κ3) is 3.20. The Kier molecular flexibility index (Phi) is 4.95. The number of aliphatic hydroxyl groups excluding tert-OH is 3. The summed E-state index contributed by atoms with van der Waals surface area (Å²) in [5.74, 6) is 1.04. The molecule has 0 unspecified atom stereocenters. The molecule has 2 aromatic heterocycles. The molecule has 0 aliphatic carbocycles. The lowest BCUT2D eigenvalue weighted by atomic mass is 10.1. The molecule has 4 atom stereocenters. The highest BCUT2D eigenvalue weighted by atomic mass is 16.6. The summed E-state index contributed by atoms with van der Waals surface area (Å²) in [4.78, 5) is 12.8. The van der Waals surface area contributed by atoms with E-state index in [4.69, 9.17) is 4.74 Å². The number of aromatic nitrogens is 4. The predicted octanol–water partition coefficient (Wildman–Crippen LogP) is -0.104. The topological polar surface area (TPSA) is 126 Å². The van der Waals surface area contributed by atoms with Crippen LogP contribution in [0.15, 0.2) is 12.5 Å². The van der Waals surface area contributed by atoms with Gasteiger partial charge in [0.2, 0.25) is 5.95 Å². The molecule has 0 bridgehead atoms. The number of imidazole rings is 1. The molecule has 0 aromatic carbocycles. The van der Waals surface area contributed by atoms with Crippen molar-refractivity contribution < 1.29 is 20.1 Å². The Hall–Kier alpha value is -1.81. The molecule has 0 spiro atoms. The number of anilines is 1. The summed E-state index contributed by atoms with van der Waals surface area (Å²) in [5, 5.41) is 32.4. The van der Waals surface area contributed by atoms with E-state index in [1.165, 1.54) is 6.33 Å². The Labute approximate surface area is 139 Å². The van der Waals surface area contributed by atoms with E-state index < -0.39 is 24.5 Å². The maximum atomic E-state index is 10.2. The molecule has 1 fully saturated rings. The van der Waals surface area contributed by atoms with Crippen molar-refractivity contribution in [3.05, 3.63) is 12.5 Å². The third-order valence-electron chi connectivity index (χ3n) is 4.11. The minimum Gasteiger partial charge on any atom is -0.394 e. The van der Waals surface area contributed by atoms with Crippen molar-refractivity contribution in [2.24, 2.45) is 5.92 Å². The van der Waals surface area contributed by atoms with Crippen LogP contribution in [0.25, 0.3) is 11.2 Å². The minimum atomic E-state index is -1.17. The van der Waals surface area contributed by atoms with Gasteiger partial charge in [-0.25, -0.2) is 9.97 Å². The summed E-state index contributed by atoms with van der Waals surface area (Å²) in [7, 11) is 0. The molecule has 1 aliphatic rings. The second-order valence-corrected chi connectivity index (χ2v) is 6.39. The summed E-state index contributed by atoms with van der Waals surface area (Å²) in [6, 6.07) is 0. The number of nitrogens with zero attached hydrogens (tertiary/aromatic N) is 4. The van der Waals surface area contributed by atoms with Gasteiger partial charge in [-0.2, -0.15) is 4.98 Å². The van der Waals surface area contributed by atoms with Gasteiger partial charge in [-0.1, -0.05) is 13.8 Å². The first kappa shape index (κ1) is 17.0. The fraction of sp³-hybridized carbons (Fsp3) is 0.667. The molecule has 3 rings (SSSR count). The van der Waals surface area contributed by atoms with Crippen LogP contribution in [0.1, 0.15) is 26.5 Å². The van der Waals surface area contributed by atoms with Gasteiger partial charge in [0.15, 0.2) is 11.9 Å². The molecule has 4 N–H and O–H groups in total. The van der Waals surface area contributed by atoms with Gasteiger partial charge in [0, 0.05) is 6.54 Å². The van der Waals surface area contributed by atoms with Crippen LogP contribution < -0.4 is 5.32 Å². The largest absolute Gasteiger partial charge is 0.394 e. The second kappa shape index (κ2) is 6.98. The van der Waals surface area contributed by atoms with Gasteiger partial charge in [-0.05, 0) is 12.3 Å². The molecule has 1 saturated heterocycles. The van der Waals surface area contributed by atoms with E-state index in [0.717, 1.165) is 13.0 Å². The molecule has 1 aliphatic heterocycles. The van der Waals surface area contributed by atoms with Crippen LogP contribution in [0.2, 0.25) is 0 Å². The van der Waals surface area contributed by atoms with Crippen LogP contribution in [0.5, 0.6) is 0 Å². The summed E-state index contributed by atoms with van der Waals surface area (Å²) in [5.41, 5.74) is 1.05. The monoisotopic (exact) mass is 337 g/mol. The van der Waals surface area contributed by atoms with E-state index in [9.17, 15) is 15.3 Å². The maximum absolute atomic E-state index is 10.2. The number of hydrogen-bond acceptors (Lipinski definition) is 8. The smallest absolute Gasteiger partial charge is 0.224 e. The van der Waals surface area contributed by atoms with Crippen molar-refractivity contribution in [2.75, 3.05) is 18.5 Å². The van der Waals surface area contributed by atoms with Gasteiger partial charge in [-0.3, -0.25) is 4.57 Å². The fourth-order valence-corrected chi connectivity index (χ4v) is 2.68. The van der Waals surface area contributed by atoms with Gasteiger partial charge in [0.1, 0.15) is 23.8 Å². The van der Waals surface area contributed by atoms with E-state index in [1.54, 1.807) is 10.8 Å². The standard InChI is InChI=1S/C15H23N5O4/c1-8(2)3-4-16-15-17-5-9-13(19-15)20(7-18-9)14-12(23)11(22)10(6-21)24-14/h5,7-8,10-12,14,21-23H,3-4,6H2,1-2H3,(H,16,17,19)/t10-,11-,12-,14-/m1/s1.